The molecule has 0 amide bonds. The molecule has 0 saturated heterocycles. The van der Waals surface area contributed by atoms with Crippen LogP contribution in [0.15, 0.2) is 22.7 Å². The Hall–Kier alpha value is -0.540. The molecule has 0 saturated carbocycles. The van der Waals surface area contributed by atoms with E-state index in [0.29, 0.717) is 12.0 Å². The lowest BCUT2D eigenvalue weighted by Gasteiger charge is -2.20. The molecule has 0 bridgehead atoms. The van der Waals surface area contributed by atoms with Gasteiger partial charge in [-0.15, -0.1) is 0 Å². The lowest BCUT2D eigenvalue weighted by atomic mass is 9.95. The zero-order valence-corrected chi connectivity index (χ0v) is 12.0. The van der Waals surface area contributed by atoms with Gasteiger partial charge >= 0.3 is 0 Å². The summed E-state index contributed by atoms with van der Waals surface area (Å²) in [6.07, 6.45) is 1.04. The number of rotatable bonds is 5. The molecule has 2 nitrogen and oxygen atoms in total. The average molecular weight is 286 g/mol. The second-order valence-electron chi connectivity index (χ2n) is 4.22. The molecule has 0 fully saturated rings. The minimum atomic E-state index is 0.512. The maximum atomic E-state index is 5.24. The molecular weight excluding hydrogens is 266 g/mol. The largest absolute Gasteiger partial charge is 0.497 e. The SMILES string of the molecule is CNC(C)C(C)Cc1cc(OC)ccc1Br. The Morgan fingerprint density at radius 1 is 1.38 bits per heavy atom. The molecular formula is C13H20BrNO. The van der Waals surface area contributed by atoms with Crippen LogP contribution >= 0.6 is 15.9 Å². The highest BCUT2D eigenvalue weighted by Crippen LogP contribution is 2.25. The van der Waals surface area contributed by atoms with Gasteiger partial charge in [0.2, 0.25) is 0 Å². The zero-order valence-electron chi connectivity index (χ0n) is 10.4. The number of hydrogen-bond donors (Lipinski definition) is 1. The molecule has 90 valence electrons. The van der Waals surface area contributed by atoms with E-state index in [1.54, 1.807) is 7.11 Å². The van der Waals surface area contributed by atoms with Crippen LogP contribution in [0.25, 0.3) is 0 Å². The van der Waals surface area contributed by atoms with Gasteiger partial charge in [0.15, 0.2) is 0 Å². The predicted molar refractivity (Wildman–Crippen MR) is 72.1 cm³/mol. The molecule has 0 aromatic heterocycles. The van der Waals surface area contributed by atoms with E-state index in [1.807, 2.05) is 19.2 Å². The first kappa shape index (κ1) is 13.5. The standard InChI is InChI=1S/C13H20BrNO/c1-9(10(2)15-3)7-11-8-12(16-4)5-6-13(11)14/h5-6,8-10,15H,7H2,1-4H3. The van der Waals surface area contributed by atoms with Crippen molar-refractivity contribution in [2.24, 2.45) is 5.92 Å². The highest BCUT2D eigenvalue weighted by molar-refractivity contribution is 9.10. The molecule has 1 aromatic rings. The van der Waals surface area contributed by atoms with Crippen LogP contribution in [0, 0.1) is 5.92 Å². The summed E-state index contributed by atoms with van der Waals surface area (Å²) in [5.74, 6) is 1.51. The topological polar surface area (TPSA) is 21.3 Å². The van der Waals surface area contributed by atoms with Crippen LogP contribution in [0.4, 0.5) is 0 Å². The Balaban J connectivity index is 2.79. The van der Waals surface area contributed by atoms with E-state index in [9.17, 15) is 0 Å². The molecule has 0 heterocycles. The maximum absolute atomic E-state index is 5.24. The van der Waals surface area contributed by atoms with Gasteiger partial charge in [0.25, 0.3) is 0 Å². The third-order valence-electron chi connectivity index (χ3n) is 3.10. The lowest BCUT2D eigenvalue weighted by molar-refractivity contribution is 0.408. The third kappa shape index (κ3) is 3.49. The number of hydrogen-bond acceptors (Lipinski definition) is 2. The van der Waals surface area contributed by atoms with Gasteiger partial charge in [0.1, 0.15) is 5.75 Å². The summed E-state index contributed by atoms with van der Waals surface area (Å²) in [6, 6.07) is 6.63. The molecule has 16 heavy (non-hydrogen) atoms. The highest BCUT2D eigenvalue weighted by atomic mass is 79.9. The van der Waals surface area contributed by atoms with Crippen LogP contribution in [-0.4, -0.2) is 20.2 Å². The van der Waals surface area contributed by atoms with Crippen LogP contribution in [0.3, 0.4) is 0 Å². The third-order valence-corrected chi connectivity index (χ3v) is 3.88. The lowest BCUT2D eigenvalue weighted by Crippen LogP contribution is -2.29. The van der Waals surface area contributed by atoms with Crippen molar-refractivity contribution in [2.75, 3.05) is 14.2 Å². The van der Waals surface area contributed by atoms with Crippen molar-refractivity contribution < 1.29 is 4.74 Å². The molecule has 0 spiro atoms. The van der Waals surface area contributed by atoms with Crippen molar-refractivity contribution in [3.63, 3.8) is 0 Å². The van der Waals surface area contributed by atoms with Crippen molar-refractivity contribution >= 4 is 15.9 Å². The first-order chi connectivity index (χ1) is 7.58. The number of methoxy groups -OCH3 is 1. The Morgan fingerprint density at radius 2 is 2.06 bits per heavy atom. The van der Waals surface area contributed by atoms with Gasteiger partial charge in [-0.05, 0) is 50.1 Å². The van der Waals surface area contributed by atoms with Crippen molar-refractivity contribution in [3.05, 3.63) is 28.2 Å². The van der Waals surface area contributed by atoms with Crippen LogP contribution in [0.5, 0.6) is 5.75 Å². The fourth-order valence-corrected chi connectivity index (χ4v) is 2.05. The van der Waals surface area contributed by atoms with Crippen LogP contribution < -0.4 is 10.1 Å². The minimum absolute atomic E-state index is 0.512. The van der Waals surface area contributed by atoms with Gasteiger partial charge in [-0.3, -0.25) is 0 Å². The average Bonchev–Trinajstić information content (AvgIpc) is 2.30. The minimum Gasteiger partial charge on any atom is -0.497 e. The summed E-state index contributed by atoms with van der Waals surface area (Å²) < 4.78 is 6.40. The van der Waals surface area contributed by atoms with Gasteiger partial charge < -0.3 is 10.1 Å². The summed E-state index contributed by atoms with van der Waals surface area (Å²) in [4.78, 5) is 0. The van der Waals surface area contributed by atoms with E-state index in [1.165, 1.54) is 5.56 Å². The molecule has 2 unspecified atom stereocenters. The summed E-state index contributed by atoms with van der Waals surface area (Å²) >= 11 is 3.58. The predicted octanol–water partition coefficient (Wildman–Crippen LogP) is 3.24. The molecule has 0 aliphatic rings. The van der Waals surface area contributed by atoms with Gasteiger partial charge in [0, 0.05) is 10.5 Å². The van der Waals surface area contributed by atoms with Crippen molar-refractivity contribution in [3.8, 4) is 5.75 Å². The second-order valence-corrected chi connectivity index (χ2v) is 5.07. The van der Waals surface area contributed by atoms with E-state index in [2.05, 4.69) is 41.2 Å². The quantitative estimate of drug-likeness (QED) is 0.897. The Bertz CT molecular complexity index is 341. The van der Waals surface area contributed by atoms with E-state index in [0.717, 1.165) is 16.6 Å². The Kier molecular flexibility index (Phi) is 5.29. The van der Waals surface area contributed by atoms with Crippen LogP contribution in [0.1, 0.15) is 19.4 Å². The van der Waals surface area contributed by atoms with Crippen LogP contribution in [0.2, 0.25) is 0 Å². The number of nitrogens with one attached hydrogen (secondary N) is 1. The van der Waals surface area contributed by atoms with E-state index >= 15 is 0 Å². The molecule has 1 rings (SSSR count). The first-order valence-corrected chi connectivity index (χ1v) is 6.37. The summed E-state index contributed by atoms with van der Waals surface area (Å²) in [5, 5.41) is 3.29. The molecule has 0 aliphatic heterocycles. The molecule has 0 aliphatic carbocycles. The molecule has 3 heteroatoms. The summed E-state index contributed by atoms with van der Waals surface area (Å²) in [5.41, 5.74) is 1.30. The van der Waals surface area contributed by atoms with E-state index in [4.69, 9.17) is 4.74 Å². The molecule has 1 N–H and O–H groups in total. The van der Waals surface area contributed by atoms with Crippen molar-refractivity contribution in [2.45, 2.75) is 26.3 Å². The number of ether oxygens (including phenoxy) is 1. The van der Waals surface area contributed by atoms with Gasteiger partial charge in [-0.1, -0.05) is 22.9 Å². The Labute approximate surface area is 107 Å². The Morgan fingerprint density at radius 3 is 2.62 bits per heavy atom. The summed E-state index contributed by atoms with van der Waals surface area (Å²) in [6.45, 7) is 4.46. The zero-order chi connectivity index (χ0) is 12.1. The first-order valence-electron chi connectivity index (χ1n) is 5.58. The van der Waals surface area contributed by atoms with E-state index in [-0.39, 0.29) is 0 Å². The highest BCUT2D eigenvalue weighted by Gasteiger charge is 2.13. The van der Waals surface area contributed by atoms with Gasteiger partial charge in [-0.2, -0.15) is 0 Å². The smallest absolute Gasteiger partial charge is 0.119 e. The molecule has 0 radical (unpaired) electrons. The molecule has 1 aromatic carbocycles. The van der Waals surface area contributed by atoms with E-state index < -0.39 is 0 Å². The fourth-order valence-electron chi connectivity index (χ4n) is 1.64. The van der Waals surface area contributed by atoms with Crippen LogP contribution in [-0.2, 0) is 6.42 Å². The normalized spacial score (nSPS) is 14.6. The van der Waals surface area contributed by atoms with Crippen molar-refractivity contribution in [1.82, 2.24) is 5.32 Å². The maximum Gasteiger partial charge on any atom is 0.119 e. The van der Waals surface area contributed by atoms with Gasteiger partial charge in [0.05, 0.1) is 7.11 Å². The summed E-state index contributed by atoms with van der Waals surface area (Å²) in [7, 11) is 3.70. The molecule has 2 atom stereocenters. The monoisotopic (exact) mass is 285 g/mol. The van der Waals surface area contributed by atoms with Gasteiger partial charge in [-0.25, -0.2) is 0 Å². The second kappa shape index (κ2) is 6.26. The number of benzene rings is 1. The fraction of sp³-hybridized carbons (Fsp3) is 0.538. The van der Waals surface area contributed by atoms with Crippen molar-refractivity contribution in [1.29, 1.82) is 0 Å². The number of halogens is 1.